The highest BCUT2D eigenvalue weighted by molar-refractivity contribution is 7.89. The van der Waals surface area contributed by atoms with E-state index in [-0.39, 0.29) is 29.5 Å². The van der Waals surface area contributed by atoms with Gasteiger partial charge in [-0.1, -0.05) is 6.92 Å². The molecule has 0 aliphatic heterocycles. The molecule has 0 unspecified atom stereocenters. The Balaban J connectivity index is 0.00000484. The monoisotopic (exact) mass is 367 g/mol. The number of aromatic nitrogens is 1. The molecule has 0 aromatic carbocycles. The first-order valence-corrected chi connectivity index (χ1v) is 8.30. The average Bonchev–Trinajstić information content (AvgIpc) is 2.96. The summed E-state index contributed by atoms with van der Waals surface area (Å²) in [6, 6.07) is 1.11. The van der Waals surface area contributed by atoms with Crippen LogP contribution in [0.4, 0.5) is 0 Å². The molecule has 1 aromatic rings. The van der Waals surface area contributed by atoms with E-state index >= 15 is 0 Å². The van der Waals surface area contributed by atoms with Crippen molar-refractivity contribution in [3.63, 3.8) is 0 Å². The van der Waals surface area contributed by atoms with Gasteiger partial charge in [0.2, 0.25) is 15.9 Å². The molecule has 2 amide bonds. The van der Waals surface area contributed by atoms with E-state index in [4.69, 9.17) is 5.73 Å². The second kappa shape index (κ2) is 10.2. The number of carbonyl (C=O) groups is 2. The first-order valence-electron chi connectivity index (χ1n) is 6.82. The maximum absolute atomic E-state index is 11.9. The summed E-state index contributed by atoms with van der Waals surface area (Å²) < 4.78 is 26.0. The number of nitrogens with two attached hydrogens (primary N) is 1. The minimum absolute atomic E-state index is 0. The number of sulfonamides is 1. The normalized spacial score (nSPS) is 10.8. The fourth-order valence-corrected chi connectivity index (χ4v) is 2.55. The Morgan fingerprint density at radius 1 is 1.26 bits per heavy atom. The van der Waals surface area contributed by atoms with Gasteiger partial charge in [0.1, 0.15) is 10.6 Å². The summed E-state index contributed by atoms with van der Waals surface area (Å²) >= 11 is 0. The van der Waals surface area contributed by atoms with Gasteiger partial charge in [-0.05, 0) is 19.0 Å². The van der Waals surface area contributed by atoms with E-state index in [1.165, 1.54) is 0 Å². The maximum atomic E-state index is 11.9. The highest BCUT2D eigenvalue weighted by Gasteiger charge is 2.18. The molecule has 0 aliphatic rings. The molecule has 0 radical (unpaired) electrons. The zero-order valence-corrected chi connectivity index (χ0v) is 14.4. The molecule has 1 rings (SSSR count). The largest absolute Gasteiger partial charge is 0.364 e. The molecule has 9 nitrogen and oxygen atoms in total. The van der Waals surface area contributed by atoms with E-state index in [2.05, 4.69) is 20.3 Å². The Kier molecular flexibility index (Phi) is 9.49. The van der Waals surface area contributed by atoms with Gasteiger partial charge in [-0.25, -0.2) is 13.1 Å². The van der Waals surface area contributed by atoms with Crippen LogP contribution < -0.4 is 21.1 Å². The number of rotatable bonds is 10. The molecule has 1 heterocycles. The second-order valence-corrected chi connectivity index (χ2v) is 6.30. The topological polar surface area (TPSA) is 146 Å². The van der Waals surface area contributed by atoms with Gasteiger partial charge in [0.15, 0.2) is 0 Å². The van der Waals surface area contributed by atoms with Gasteiger partial charge in [0, 0.05) is 19.3 Å². The van der Waals surface area contributed by atoms with Crippen LogP contribution in [0.3, 0.4) is 0 Å². The van der Waals surface area contributed by atoms with Crippen molar-refractivity contribution in [2.45, 2.75) is 18.2 Å². The van der Waals surface area contributed by atoms with Crippen LogP contribution in [0, 0.1) is 0 Å². The third kappa shape index (κ3) is 7.46. The SMILES string of the molecule is CCCNCCNC(=O)CNS(=O)(=O)c1c[nH]c(C(N)=O)c1.Cl. The van der Waals surface area contributed by atoms with E-state index in [1.54, 1.807) is 0 Å². The molecule has 0 saturated carbocycles. The van der Waals surface area contributed by atoms with Crippen LogP contribution in [0.15, 0.2) is 17.2 Å². The van der Waals surface area contributed by atoms with Crippen LogP contribution >= 0.6 is 12.4 Å². The number of halogens is 1. The van der Waals surface area contributed by atoms with Crippen molar-refractivity contribution in [2.24, 2.45) is 5.73 Å². The number of hydrogen-bond acceptors (Lipinski definition) is 5. The number of primary amides is 1. The molecule has 0 aliphatic carbocycles. The molecule has 0 fully saturated rings. The molecular formula is C12H22ClN5O4S. The van der Waals surface area contributed by atoms with Gasteiger partial charge in [-0.3, -0.25) is 9.59 Å². The van der Waals surface area contributed by atoms with Crippen molar-refractivity contribution < 1.29 is 18.0 Å². The predicted octanol–water partition coefficient (Wildman–Crippen LogP) is -1.07. The number of nitrogens with one attached hydrogen (secondary N) is 4. The fraction of sp³-hybridized carbons (Fsp3) is 0.500. The predicted molar refractivity (Wildman–Crippen MR) is 87.9 cm³/mol. The van der Waals surface area contributed by atoms with Crippen molar-refractivity contribution in [3.8, 4) is 0 Å². The summed E-state index contributed by atoms with van der Waals surface area (Å²) in [5.74, 6) is -1.20. The molecule has 11 heteroatoms. The quantitative estimate of drug-likeness (QED) is 0.334. The number of amides is 2. The zero-order chi connectivity index (χ0) is 16.6. The molecular weight excluding hydrogens is 346 g/mol. The van der Waals surface area contributed by atoms with Gasteiger partial charge in [-0.2, -0.15) is 0 Å². The molecule has 0 atom stereocenters. The van der Waals surface area contributed by atoms with Gasteiger partial charge >= 0.3 is 0 Å². The van der Waals surface area contributed by atoms with Crippen molar-refractivity contribution in [1.29, 1.82) is 0 Å². The van der Waals surface area contributed by atoms with Crippen molar-refractivity contribution in [3.05, 3.63) is 18.0 Å². The lowest BCUT2D eigenvalue weighted by atomic mass is 10.4. The smallest absolute Gasteiger partial charge is 0.265 e. The Labute approximate surface area is 141 Å². The molecule has 1 aromatic heterocycles. The van der Waals surface area contributed by atoms with Crippen LogP contribution in [0.1, 0.15) is 23.8 Å². The summed E-state index contributed by atoms with van der Waals surface area (Å²) in [6.07, 6.45) is 2.13. The van der Waals surface area contributed by atoms with Crippen LogP contribution in [0.2, 0.25) is 0 Å². The third-order valence-corrected chi connectivity index (χ3v) is 4.09. The highest BCUT2D eigenvalue weighted by Crippen LogP contribution is 2.09. The summed E-state index contributed by atoms with van der Waals surface area (Å²) in [5, 5.41) is 5.68. The van der Waals surface area contributed by atoms with Crippen LogP contribution in [-0.4, -0.2) is 51.4 Å². The first-order chi connectivity index (χ1) is 10.4. The molecule has 23 heavy (non-hydrogen) atoms. The van der Waals surface area contributed by atoms with Crippen molar-refractivity contribution >= 4 is 34.2 Å². The van der Waals surface area contributed by atoms with Gasteiger partial charge in [-0.15, -0.1) is 12.4 Å². The lowest BCUT2D eigenvalue weighted by molar-refractivity contribution is -0.119. The van der Waals surface area contributed by atoms with E-state index in [9.17, 15) is 18.0 Å². The molecule has 0 saturated heterocycles. The minimum atomic E-state index is -3.87. The van der Waals surface area contributed by atoms with Crippen molar-refractivity contribution in [2.75, 3.05) is 26.2 Å². The Bertz CT molecular complexity index is 617. The van der Waals surface area contributed by atoms with E-state index < -0.39 is 21.8 Å². The maximum Gasteiger partial charge on any atom is 0.265 e. The van der Waals surface area contributed by atoms with Gasteiger partial charge in [0.05, 0.1) is 6.54 Å². The lowest BCUT2D eigenvalue weighted by Gasteiger charge is -2.07. The highest BCUT2D eigenvalue weighted by atomic mass is 35.5. The third-order valence-electron chi connectivity index (χ3n) is 2.71. The van der Waals surface area contributed by atoms with Crippen LogP contribution in [0.25, 0.3) is 0 Å². The summed E-state index contributed by atoms with van der Waals surface area (Å²) in [5.41, 5.74) is 5.01. The van der Waals surface area contributed by atoms with Gasteiger partial charge in [0.25, 0.3) is 5.91 Å². The van der Waals surface area contributed by atoms with Gasteiger partial charge < -0.3 is 21.4 Å². The van der Waals surface area contributed by atoms with E-state index in [0.717, 1.165) is 25.2 Å². The number of H-pyrrole nitrogens is 1. The van der Waals surface area contributed by atoms with Crippen LogP contribution in [-0.2, 0) is 14.8 Å². The van der Waals surface area contributed by atoms with E-state index in [0.29, 0.717) is 13.1 Å². The minimum Gasteiger partial charge on any atom is -0.364 e. The number of hydrogen-bond donors (Lipinski definition) is 5. The molecule has 6 N–H and O–H groups in total. The molecule has 0 spiro atoms. The van der Waals surface area contributed by atoms with E-state index in [1.807, 2.05) is 6.92 Å². The summed E-state index contributed by atoms with van der Waals surface area (Å²) in [7, 11) is -3.87. The number of carbonyl (C=O) groups excluding carboxylic acids is 2. The summed E-state index contributed by atoms with van der Waals surface area (Å²) in [6.45, 7) is 3.54. The fourth-order valence-electron chi connectivity index (χ4n) is 1.57. The molecule has 132 valence electrons. The Morgan fingerprint density at radius 3 is 2.52 bits per heavy atom. The van der Waals surface area contributed by atoms with Crippen LogP contribution in [0.5, 0.6) is 0 Å². The lowest BCUT2D eigenvalue weighted by Crippen LogP contribution is -2.39. The standard InChI is InChI=1S/C12H21N5O4S.ClH/c1-2-3-14-4-5-15-11(18)8-17-22(20,21)9-6-10(12(13)19)16-7-9;/h6-7,14,16-17H,2-5,8H2,1H3,(H2,13,19)(H,15,18);1H. The number of aromatic amines is 1. The second-order valence-electron chi connectivity index (χ2n) is 4.54. The summed E-state index contributed by atoms with van der Waals surface area (Å²) in [4.78, 5) is 24.7. The molecule has 0 bridgehead atoms. The first kappa shape index (κ1) is 21.4. The van der Waals surface area contributed by atoms with Crippen molar-refractivity contribution in [1.82, 2.24) is 20.3 Å². The average molecular weight is 368 g/mol. The Hall–Kier alpha value is -1.62. The Morgan fingerprint density at radius 2 is 1.96 bits per heavy atom. The zero-order valence-electron chi connectivity index (χ0n) is 12.7.